The van der Waals surface area contributed by atoms with Crippen LogP contribution < -0.4 is 4.74 Å². The fourth-order valence-electron chi connectivity index (χ4n) is 1.48. The second kappa shape index (κ2) is 6.38. The van der Waals surface area contributed by atoms with Crippen LogP contribution in [0.4, 0.5) is 4.79 Å². The molecule has 6 nitrogen and oxygen atoms in total. The summed E-state index contributed by atoms with van der Waals surface area (Å²) in [4.78, 5) is 22.1. The number of hydrogen-bond acceptors (Lipinski definition) is 5. The SMILES string of the molecule is CC(COc1ccc(C(=O)C(C)(C)O)cc1)OC(=O)O. The molecule has 0 saturated carbocycles. The summed E-state index contributed by atoms with van der Waals surface area (Å²) < 4.78 is 9.81. The van der Waals surface area contributed by atoms with E-state index in [0.29, 0.717) is 11.3 Å². The summed E-state index contributed by atoms with van der Waals surface area (Å²) in [6.45, 7) is 4.49. The van der Waals surface area contributed by atoms with Crippen LogP contribution in [-0.4, -0.2) is 40.5 Å². The van der Waals surface area contributed by atoms with Crippen molar-refractivity contribution in [2.45, 2.75) is 32.5 Å². The number of rotatable bonds is 6. The van der Waals surface area contributed by atoms with Gasteiger partial charge in [0, 0.05) is 5.56 Å². The Labute approximate surface area is 116 Å². The van der Waals surface area contributed by atoms with Gasteiger partial charge >= 0.3 is 6.16 Å². The molecular weight excluding hydrogens is 264 g/mol. The van der Waals surface area contributed by atoms with E-state index >= 15 is 0 Å². The highest BCUT2D eigenvalue weighted by Crippen LogP contribution is 2.17. The largest absolute Gasteiger partial charge is 0.506 e. The third-order valence-corrected chi connectivity index (χ3v) is 2.46. The van der Waals surface area contributed by atoms with Gasteiger partial charge in [-0.25, -0.2) is 4.79 Å². The van der Waals surface area contributed by atoms with Crippen LogP contribution in [0.2, 0.25) is 0 Å². The molecule has 1 aromatic rings. The first-order chi connectivity index (χ1) is 9.20. The molecule has 0 aromatic heterocycles. The number of ether oxygens (including phenoxy) is 2. The van der Waals surface area contributed by atoms with Crippen LogP contribution in [-0.2, 0) is 4.74 Å². The van der Waals surface area contributed by atoms with Gasteiger partial charge in [0.05, 0.1) is 0 Å². The Morgan fingerprint density at radius 3 is 2.25 bits per heavy atom. The van der Waals surface area contributed by atoms with Crippen LogP contribution in [0.3, 0.4) is 0 Å². The Bertz CT molecular complexity index is 471. The quantitative estimate of drug-likeness (QED) is 0.613. The molecule has 0 aliphatic carbocycles. The van der Waals surface area contributed by atoms with Crippen molar-refractivity contribution in [3.63, 3.8) is 0 Å². The monoisotopic (exact) mass is 282 g/mol. The Hall–Kier alpha value is -2.08. The summed E-state index contributed by atoms with van der Waals surface area (Å²) in [6.07, 6.45) is -1.95. The lowest BCUT2D eigenvalue weighted by atomic mass is 9.97. The van der Waals surface area contributed by atoms with Crippen LogP contribution in [0.25, 0.3) is 0 Å². The number of ketones is 1. The van der Waals surface area contributed by atoms with Crippen molar-refractivity contribution >= 4 is 11.9 Å². The van der Waals surface area contributed by atoms with Gasteiger partial charge in [0.15, 0.2) is 5.78 Å². The average Bonchev–Trinajstić information content (AvgIpc) is 2.34. The molecular formula is C14H18O6. The number of carbonyl (C=O) groups excluding carboxylic acids is 1. The number of carbonyl (C=O) groups is 2. The summed E-state index contributed by atoms with van der Waals surface area (Å²) >= 11 is 0. The van der Waals surface area contributed by atoms with Crippen LogP contribution in [0.1, 0.15) is 31.1 Å². The second-order valence-corrected chi connectivity index (χ2v) is 4.92. The van der Waals surface area contributed by atoms with Crippen molar-refractivity contribution in [2.24, 2.45) is 0 Å². The third-order valence-electron chi connectivity index (χ3n) is 2.46. The summed E-state index contributed by atoms with van der Waals surface area (Å²) in [5.74, 6) is 0.102. The van der Waals surface area contributed by atoms with Gasteiger partial charge in [0.25, 0.3) is 0 Å². The molecule has 0 heterocycles. The minimum atomic E-state index is -1.42. The number of Topliss-reactive ketones (excluding diaryl/α,β-unsaturated/α-hetero) is 1. The topological polar surface area (TPSA) is 93.1 Å². The van der Waals surface area contributed by atoms with E-state index in [9.17, 15) is 14.7 Å². The van der Waals surface area contributed by atoms with Gasteiger partial charge in [-0.15, -0.1) is 0 Å². The molecule has 1 atom stereocenters. The first kappa shape index (κ1) is 16.0. The standard InChI is InChI=1S/C14H18O6/c1-9(20-13(16)17)8-19-11-6-4-10(5-7-11)12(15)14(2,3)18/h4-7,9,18H,8H2,1-3H3,(H,16,17). The highest BCUT2D eigenvalue weighted by Gasteiger charge is 2.24. The summed E-state index contributed by atoms with van der Waals surface area (Å²) in [7, 11) is 0. The maximum atomic E-state index is 11.8. The van der Waals surface area contributed by atoms with Crippen molar-refractivity contribution in [3.8, 4) is 5.75 Å². The molecule has 1 unspecified atom stereocenters. The van der Waals surface area contributed by atoms with Gasteiger partial charge in [-0.1, -0.05) is 0 Å². The van der Waals surface area contributed by atoms with Crippen molar-refractivity contribution in [1.29, 1.82) is 0 Å². The molecule has 0 saturated heterocycles. The predicted octanol–water partition coefficient (Wildman–Crippen LogP) is 2.10. The van der Waals surface area contributed by atoms with Gasteiger partial charge in [-0.3, -0.25) is 4.79 Å². The van der Waals surface area contributed by atoms with E-state index in [1.54, 1.807) is 31.2 Å². The lowest BCUT2D eigenvalue weighted by Gasteiger charge is -2.16. The van der Waals surface area contributed by atoms with Crippen molar-refractivity contribution in [1.82, 2.24) is 0 Å². The minimum absolute atomic E-state index is 0.0745. The number of benzene rings is 1. The lowest BCUT2D eigenvalue weighted by Crippen LogP contribution is -2.31. The first-order valence-corrected chi connectivity index (χ1v) is 6.10. The van der Waals surface area contributed by atoms with Gasteiger partial charge in [-0.2, -0.15) is 0 Å². The molecule has 2 N–H and O–H groups in total. The number of aliphatic hydroxyl groups is 1. The van der Waals surface area contributed by atoms with Crippen LogP contribution in [0.15, 0.2) is 24.3 Å². The van der Waals surface area contributed by atoms with E-state index in [1.165, 1.54) is 13.8 Å². The van der Waals surface area contributed by atoms with E-state index in [1.807, 2.05) is 0 Å². The second-order valence-electron chi connectivity index (χ2n) is 4.92. The van der Waals surface area contributed by atoms with Crippen molar-refractivity contribution < 1.29 is 29.3 Å². The molecule has 0 spiro atoms. The van der Waals surface area contributed by atoms with Crippen LogP contribution in [0.5, 0.6) is 5.75 Å². The van der Waals surface area contributed by atoms with Crippen molar-refractivity contribution in [2.75, 3.05) is 6.61 Å². The molecule has 0 bridgehead atoms. The van der Waals surface area contributed by atoms with E-state index in [2.05, 4.69) is 4.74 Å². The summed E-state index contributed by atoms with van der Waals surface area (Å²) in [5, 5.41) is 18.0. The van der Waals surface area contributed by atoms with Gasteiger partial charge in [0.1, 0.15) is 24.1 Å². The van der Waals surface area contributed by atoms with Gasteiger partial charge in [0.2, 0.25) is 0 Å². The Kier molecular flexibility index (Phi) is 5.10. The molecule has 1 rings (SSSR count). The smallest absolute Gasteiger partial charge is 0.490 e. The molecule has 110 valence electrons. The average molecular weight is 282 g/mol. The number of carboxylic acid groups (broad SMARTS) is 1. The molecule has 0 aliphatic rings. The predicted molar refractivity (Wildman–Crippen MR) is 71.1 cm³/mol. The first-order valence-electron chi connectivity index (χ1n) is 6.10. The number of hydrogen-bond donors (Lipinski definition) is 2. The maximum Gasteiger partial charge on any atom is 0.506 e. The molecule has 0 amide bonds. The highest BCUT2D eigenvalue weighted by atomic mass is 16.7. The molecule has 6 heteroatoms. The zero-order valence-corrected chi connectivity index (χ0v) is 11.6. The van der Waals surface area contributed by atoms with Crippen LogP contribution in [0, 0.1) is 0 Å². The van der Waals surface area contributed by atoms with E-state index in [0.717, 1.165) is 0 Å². The normalized spacial score (nSPS) is 12.6. The van der Waals surface area contributed by atoms with Crippen LogP contribution >= 0.6 is 0 Å². The lowest BCUT2D eigenvalue weighted by molar-refractivity contribution is 0.0379. The minimum Gasteiger partial charge on any atom is -0.490 e. The molecule has 20 heavy (non-hydrogen) atoms. The molecule has 0 radical (unpaired) electrons. The van der Waals surface area contributed by atoms with E-state index in [-0.39, 0.29) is 12.4 Å². The Morgan fingerprint density at radius 2 is 1.80 bits per heavy atom. The Balaban J connectivity index is 2.59. The molecule has 0 fully saturated rings. The maximum absolute atomic E-state index is 11.8. The molecule has 1 aromatic carbocycles. The highest BCUT2D eigenvalue weighted by molar-refractivity contribution is 6.01. The summed E-state index contributed by atoms with van der Waals surface area (Å²) in [6, 6.07) is 6.23. The fraction of sp³-hybridized carbons (Fsp3) is 0.429. The fourth-order valence-corrected chi connectivity index (χ4v) is 1.48. The van der Waals surface area contributed by atoms with Gasteiger partial charge in [-0.05, 0) is 45.0 Å². The third kappa shape index (κ3) is 4.89. The summed E-state index contributed by atoms with van der Waals surface area (Å²) in [5.41, 5.74) is -1.05. The molecule has 0 aliphatic heterocycles. The zero-order valence-electron chi connectivity index (χ0n) is 11.6. The van der Waals surface area contributed by atoms with Gasteiger partial charge < -0.3 is 19.7 Å². The zero-order chi connectivity index (χ0) is 15.3. The van der Waals surface area contributed by atoms with E-state index < -0.39 is 17.9 Å². The van der Waals surface area contributed by atoms with Crippen molar-refractivity contribution in [3.05, 3.63) is 29.8 Å². The van der Waals surface area contributed by atoms with E-state index in [4.69, 9.17) is 9.84 Å². The Morgan fingerprint density at radius 1 is 1.25 bits per heavy atom.